The molecule has 1 heterocycles. The van der Waals surface area contributed by atoms with E-state index in [1.807, 2.05) is 55.5 Å². The summed E-state index contributed by atoms with van der Waals surface area (Å²) in [7, 11) is 0. The second kappa shape index (κ2) is 9.87. The van der Waals surface area contributed by atoms with Crippen molar-refractivity contribution in [3.05, 3.63) is 84.0 Å². The van der Waals surface area contributed by atoms with Crippen molar-refractivity contribution in [1.82, 2.24) is 0 Å². The van der Waals surface area contributed by atoms with Crippen LogP contribution in [-0.4, -0.2) is 26.1 Å². The summed E-state index contributed by atoms with van der Waals surface area (Å²) in [6.07, 6.45) is 2.74. The Hall–Kier alpha value is -2.41. The van der Waals surface area contributed by atoms with Gasteiger partial charge in [-0.1, -0.05) is 60.7 Å². The molecule has 0 aromatic heterocycles. The number of ether oxygens (including phenoxy) is 3. The molecule has 0 bridgehead atoms. The normalized spacial score (nSPS) is 20.6. The lowest BCUT2D eigenvalue weighted by Crippen LogP contribution is -2.33. The van der Waals surface area contributed by atoms with Gasteiger partial charge in [0.25, 0.3) is 0 Å². The fraction of sp³-hybridized carbons (Fsp3) is 0.304. The van der Waals surface area contributed by atoms with Crippen molar-refractivity contribution in [2.45, 2.75) is 25.5 Å². The maximum atomic E-state index is 12.7. The molecule has 154 valence electrons. The van der Waals surface area contributed by atoms with Gasteiger partial charge in [0, 0.05) is 0 Å². The van der Waals surface area contributed by atoms with E-state index in [1.54, 1.807) is 0 Å². The minimum Gasteiger partial charge on any atom is -0.366 e. The second-order valence-electron chi connectivity index (χ2n) is 6.57. The number of hydrogen-bond donors (Lipinski definition) is 0. The SMILES string of the molecule is C/C=C/C=C/CO[C@@H]1CO[C@@H](c2ccc(-c3ccc(C(F)(F)F)cc3)cc2)CO1. The highest BCUT2D eigenvalue weighted by molar-refractivity contribution is 5.64. The van der Waals surface area contributed by atoms with E-state index in [2.05, 4.69) is 0 Å². The van der Waals surface area contributed by atoms with Gasteiger partial charge in [-0.2, -0.15) is 13.2 Å². The van der Waals surface area contributed by atoms with Crippen molar-refractivity contribution < 1.29 is 27.4 Å². The van der Waals surface area contributed by atoms with E-state index in [0.717, 1.165) is 28.8 Å². The predicted molar refractivity (Wildman–Crippen MR) is 105 cm³/mol. The topological polar surface area (TPSA) is 27.7 Å². The van der Waals surface area contributed by atoms with Gasteiger partial charge in [-0.05, 0) is 35.7 Å². The number of rotatable bonds is 6. The fourth-order valence-corrected chi connectivity index (χ4v) is 2.92. The molecular formula is C23H23F3O3. The summed E-state index contributed by atoms with van der Waals surface area (Å²) in [6.45, 7) is 3.11. The molecule has 1 fully saturated rings. The summed E-state index contributed by atoms with van der Waals surface area (Å²) in [5.41, 5.74) is 1.87. The van der Waals surface area contributed by atoms with Crippen LogP contribution in [0, 0.1) is 0 Å². The van der Waals surface area contributed by atoms with E-state index in [4.69, 9.17) is 14.2 Å². The highest BCUT2D eigenvalue weighted by Gasteiger charge is 2.30. The third-order valence-corrected chi connectivity index (χ3v) is 4.51. The molecule has 0 saturated carbocycles. The van der Waals surface area contributed by atoms with E-state index < -0.39 is 18.0 Å². The van der Waals surface area contributed by atoms with Gasteiger partial charge in [-0.3, -0.25) is 0 Å². The van der Waals surface area contributed by atoms with Crippen LogP contribution in [0.1, 0.15) is 24.2 Å². The largest absolute Gasteiger partial charge is 0.416 e. The van der Waals surface area contributed by atoms with Crippen molar-refractivity contribution in [1.29, 1.82) is 0 Å². The third kappa shape index (κ3) is 6.03. The van der Waals surface area contributed by atoms with Crippen LogP contribution < -0.4 is 0 Å². The van der Waals surface area contributed by atoms with Crippen LogP contribution in [-0.2, 0) is 20.4 Å². The van der Waals surface area contributed by atoms with Crippen molar-refractivity contribution in [3.8, 4) is 11.1 Å². The van der Waals surface area contributed by atoms with Gasteiger partial charge in [0.1, 0.15) is 6.10 Å². The van der Waals surface area contributed by atoms with Gasteiger partial charge in [-0.25, -0.2) is 0 Å². The first-order valence-electron chi connectivity index (χ1n) is 9.37. The lowest BCUT2D eigenvalue weighted by molar-refractivity contribution is -0.232. The van der Waals surface area contributed by atoms with Crippen LogP contribution >= 0.6 is 0 Å². The zero-order chi connectivity index (χ0) is 20.7. The molecule has 0 aliphatic carbocycles. The maximum Gasteiger partial charge on any atom is 0.416 e. The molecule has 0 N–H and O–H groups in total. The van der Waals surface area contributed by atoms with E-state index in [0.29, 0.717) is 19.8 Å². The Balaban J connectivity index is 1.53. The lowest BCUT2D eigenvalue weighted by Gasteiger charge is -2.29. The minimum atomic E-state index is -4.33. The zero-order valence-electron chi connectivity index (χ0n) is 16.1. The summed E-state index contributed by atoms with van der Waals surface area (Å²) in [4.78, 5) is 0. The summed E-state index contributed by atoms with van der Waals surface area (Å²) in [5.74, 6) is 0. The average molecular weight is 404 g/mol. The van der Waals surface area contributed by atoms with Crippen molar-refractivity contribution in [2.75, 3.05) is 19.8 Å². The molecule has 0 spiro atoms. The lowest BCUT2D eigenvalue weighted by atomic mass is 10.0. The number of benzene rings is 2. The van der Waals surface area contributed by atoms with Gasteiger partial charge >= 0.3 is 6.18 Å². The van der Waals surface area contributed by atoms with Gasteiger partial charge in [0.05, 0.1) is 25.4 Å². The molecule has 3 rings (SSSR count). The van der Waals surface area contributed by atoms with Crippen LogP contribution in [0.15, 0.2) is 72.8 Å². The molecular weight excluding hydrogens is 381 g/mol. The summed E-state index contributed by atoms with van der Waals surface area (Å²) >= 11 is 0. The van der Waals surface area contributed by atoms with Crippen molar-refractivity contribution in [2.24, 2.45) is 0 Å². The Morgan fingerprint density at radius 1 is 0.931 bits per heavy atom. The average Bonchev–Trinajstić information content (AvgIpc) is 2.74. The number of halogens is 3. The number of hydrogen-bond acceptors (Lipinski definition) is 3. The summed E-state index contributed by atoms with van der Waals surface area (Å²) < 4.78 is 55.2. The van der Waals surface area contributed by atoms with Crippen molar-refractivity contribution in [3.63, 3.8) is 0 Å². The first kappa shape index (κ1) is 21.3. The van der Waals surface area contributed by atoms with E-state index in [1.165, 1.54) is 12.1 Å². The van der Waals surface area contributed by atoms with Gasteiger partial charge in [-0.15, -0.1) is 0 Å². The Kier molecular flexibility index (Phi) is 7.25. The molecule has 29 heavy (non-hydrogen) atoms. The molecule has 0 unspecified atom stereocenters. The van der Waals surface area contributed by atoms with Crippen molar-refractivity contribution >= 4 is 0 Å². The molecule has 2 aromatic carbocycles. The van der Waals surface area contributed by atoms with Crippen LogP contribution in [0.3, 0.4) is 0 Å². The third-order valence-electron chi connectivity index (χ3n) is 4.51. The van der Waals surface area contributed by atoms with Crippen LogP contribution in [0.25, 0.3) is 11.1 Å². The van der Waals surface area contributed by atoms with Crippen LogP contribution in [0.5, 0.6) is 0 Å². The Morgan fingerprint density at radius 3 is 2.14 bits per heavy atom. The number of allylic oxidation sites excluding steroid dienone is 3. The molecule has 2 aromatic rings. The van der Waals surface area contributed by atoms with Gasteiger partial charge < -0.3 is 14.2 Å². The Labute approximate surface area is 168 Å². The van der Waals surface area contributed by atoms with Gasteiger partial charge in [0.15, 0.2) is 6.29 Å². The maximum absolute atomic E-state index is 12.7. The monoisotopic (exact) mass is 404 g/mol. The summed E-state index contributed by atoms with van der Waals surface area (Å²) in [6, 6.07) is 12.7. The van der Waals surface area contributed by atoms with Crippen LogP contribution in [0.2, 0.25) is 0 Å². The first-order chi connectivity index (χ1) is 14.0. The van der Waals surface area contributed by atoms with Gasteiger partial charge in [0.2, 0.25) is 0 Å². The standard InChI is InChI=1S/C23H23F3O3/c1-2-3-4-5-14-27-22-16-28-21(15-29-22)19-8-6-17(7-9-19)18-10-12-20(13-11-18)23(24,25)26/h2-13,21-22H,14-16H2,1H3/b3-2+,5-4+/t21-,22+/m1/s1. The predicted octanol–water partition coefficient (Wildman–Crippen LogP) is 5.94. The Morgan fingerprint density at radius 2 is 1.59 bits per heavy atom. The van der Waals surface area contributed by atoms with E-state index in [-0.39, 0.29) is 6.10 Å². The molecule has 1 aliphatic heterocycles. The molecule has 2 atom stereocenters. The second-order valence-corrected chi connectivity index (χ2v) is 6.57. The first-order valence-corrected chi connectivity index (χ1v) is 9.37. The minimum absolute atomic E-state index is 0.199. The van der Waals surface area contributed by atoms with E-state index in [9.17, 15) is 13.2 Å². The van der Waals surface area contributed by atoms with E-state index >= 15 is 0 Å². The molecule has 0 amide bonds. The van der Waals surface area contributed by atoms with Crippen LogP contribution in [0.4, 0.5) is 13.2 Å². The fourth-order valence-electron chi connectivity index (χ4n) is 2.92. The molecule has 6 heteroatoms. The molecule has 1 aliphatic rings. The summed E-state index contributed by atoms with van der Waals surface area (Å²) in [5, 5.41) is 0. The number of alkyl halides is 3. The molecule has 1 saturated heterocycles. The quantitative estimate of drug-likeness (QED) is 0.558. The molecule has 3 nitrogen and oxygen atoms in total. The highest BCUT2D eigenvalue weighted by Crippen LogP contribution is 2.31. The zero-order valence-corrected chi connectivity index (χ0v) is 16.1. The molecule has 0 radical (unpaired) electrons. The smallest absolute Gasteiger partial charge is 0.366 e. The highest BCUT2D eigenvalue weighted by atomic mass is 19.4. The Bertz CT molecular complexity index is 816.